The number of benzene rings is 1. The van der Waals surface area contributed by atoms with Gasteiger partial charge in [0.2, 0.25) is 0 Å². The van der Waals surface area contributed by atoms with Gasteiger partial charge in [-0.05, 0) is 18.6 Å². The molecule has 0 saturated heterocycles. The molecule has 0 aliphatic rings. The first-order chi connectivity index (χ1) is 9.40. The van der Waals surface area contributed by atoms with Crippen LogP contribution in [0.2, 0.25) is 0 Å². The predicted octanol–water partition coefficient (Wildman–Crippen LogP) is 2.46. The summed E-state index contributed by atoms with van der Waals surface area (Å²) in [5.41, 5.74) is 1.22. The van der Waals surface area contributed by atoms with Crippen LogP contribution in [0.3, 0.4) is 0 Å². The molecule has 1 aromatic carbocycles. The van der Waals surface area contributed by atoms with E-state index in [0.717, 1.165) is 31.8 Å². The molecule has 2 rings (SSSR count). The quantitative estimate of drug-likeness (QED) is 0.740. The zero-order chi connectivity index (χ0) is 13.3. The molecule has 0 bridgehead atoms. The molecule has 0 fully saturated rings. The van der Waals surface area contributed by atoms with Crippen molar-refractivity contribution < 1.29 is 4.74 Å². The summed E-state index contributed by atoms with van der Waals surface area (Å²) in [5, 5.41) is 3.37. The van der Waals surface area contributed by atoms with Gasteiger partial charge in [0.15, 0.2) is 0 Å². The highest BCUT2D eigenvalue weighted by molar-refractivity contribution is 5.20. The summed E-state index contributed by atoms with van der Waals surface area (Å²) in [6.07, 6.45) is 4.93. The summed E-state index contributed by atoms with van der Waals surface area (Å²) in [6.45, 7) is 5.53. The van der Waals surface area contributed by atoms with Gasteiger partial charge in [-0.2, -0.15) is 0 Å². The minimum absolute atomic E-state index is 0.673. The van der Waals surface area contributed by atoms with Crippen LogP contribution < -0.4 is 10.1 Å². The van der Waals surface area contributed by atoms with Gasteiger partial charge in [0, 0.05) is 25.8 Å². The van der Waals surface area contributed by atoms with E-state index < -0.39 is 0 Å². The van der Waals surface area contributed by atoms with Crippen molar-refractivity contribution in [3.8, 4) is 5.75 Å². The Morgan fingerprint density at radius 3 is 2.89 bits per heavy atom. The van der Waals surface area contributed by atoms with Crippen LogP contribution in [0.25, 0.3) is 0 Å². The van der Waals surface area contributed by atoms with Crippen molar-refractivity contribution >= 4 is 0 Å². The van der Waals surface area contributed by atoms with E-state index in [0.29, 0.717) is 6.61 Å². The maximum Gasteiger partial charge on any atom is 0.119 e. The molecule has 2 aromatic rings. The van der Waals surface area contributed by atoms with E-state index in [1.54, 1.807) is 0 Å². The number of imidazole rings is 1. The van der Waals surface area contributed by atoms with Crippen LogP contribution in [0.15, 0.2) is 42.9 Å². The van der Waals surface area contributed by atoms with E-state index in [9.17, 15) is 0 Å². The van der Waals surface area contributed by atoms with Crippen LogP contribution in [0, 0.1) is 0 Å². The third-order valence-corrected chi connectivity index (χ3v) is 2.86. The van der Waals surface area contributed by atoms with Crippen molar-refractivity contribution in [1.82, 2.24) is 14.9 Å². The van der Waals surface area contributed by atoms with Crippen molar-refractivity contribution in [2.24, 2.45) is 0 Å². The van der Waals surface area contributed by atoms with Gasteiger partial charge < -0.3 is 14.6 Å². The Hall–Kier alpha value is -1.81. The Morgan fingerprint density at radius 2 is 2.11 bits per heavy atom. The number of rotatable bonds is 8. The monoisotopic (exact) mass is 259 g/mol. The third kappa shape index (κ3) is 4.41. The summed E-state index contributed by atoms with van der Waals surface area (Å²) in [6, 6.07) is 9.88. The fourth-order valence-electron chi connectivity index (χ4n) is 1.91. The van der Waals surface area contributed by atoms with Gasteiger partial charge in [-0.25, -0.2) is 4.98 Å². The van der Waals surface area contributed by atoms with Crippen LogP contribution >= 0.6 is 0 Å². The molecule has 1 heterocycles. The summed E-state index contributed by atoms with van der Waals surface area (Å²) < 4.78 is 7.80. The van der Waals surface area contributed by atoms with Crippen molar-refractivity contribution in [3.63, 3.8) is 0 Å². The summed E-state index contributed by atoms with van der Waals surface area (Å²) >= 11 is 0. The molecule has 0 aliphatic carbocycles. The van der Waals surface area contributed by atoms with Crippen LogP contribution in [-0.4, -0.2) is 22.7 Å². The van der Waals surface area contributed by atoms with Gasteiger partial charge in [-0.1, -0.05) is 25.1 Å². The molecule has 0 amide bonds. The first-order valence-electron chi connectivity index (χ1n) is 6.77. The Labute approximate surface area is 114 Å². The van der Waals surface area contributed by atoms with Crippen molar-refractivity contribution in [2.75, 3.05) is 13.2 Å². The smallest absolute Gasteiger partial charge is 0.119 e. The van der Waals surface area contributed by atoms with Gasteiger partial charge in [0.05, 0.1) is 12.0 Å². The van der Waals surface area contributed by atoms with E-state index in [1.807, 2.05) is 42.9 Å². The van der Waals surface area contributed by atoms with Crippen molar-refractivity contribution in [1.29, 1.82) is 0 Å². The average molecular weight is 259 g/mol. The molecule has 0 saturated carbocycles. The van der Waals surface area contributed by atoms with E-state index in [4.69, 9.17) is 4.74 Å². The minimum atomic E-state index is 0.673. The lowest BCUT2D eigenvalue weighted by molar-refractivity contribution is 0.313. The molecule has 0 unspecified atom stereocenters. The lowest BCUT2D eigenvalue weighted by Gasteiger charge is -2.09. The number of aryl methyl sites for hydroxylation is 1. The molecule has 0 spiro atoms. The first kappa shape index (κ1) is 13.6. The first-order valence-corrected chi connectivity index (χ1v) is 6.77. The van der Waals surface area contributed by atoms with E-state index >= 15 is 0 Å². The SMILES string of the molecule is CCCn1cncc1CNCCOc1ccccc1. The second-order valence-corrected chi connectivity index (χ2v) is 4.42. The molecular weight excluding hydrogens is 238 g/mol. The largest absolute Gasteiger partial charge is 0.492 e. The molecule has 4 nitrogen and oxygen atoms in total. The second kappa shape index (κ2) is 7.59. The van der Waals surface area contributed by atoms with E-state index in [2.05, 4.69) is 21.8 Å². The maximum absolute atomic E-state index is 5.62. The molecular formula is C15H21N3O. The zero-order valence-corrected chi connectivity index (χ0v) is 11.4. The highest BCUT2D eigenvalue weighted by atomic mass is 16.5. The third-order valence-electron chi connectivity index (χ3n) is 2.86. The van der Waals surface area contributed by atoms with Crippen molar-refractivity contribution in [2.45, 2.75) is 26.4 Å². The summed E-state index contributed by atoms with van der Waals surface area (Å²) in [5.74, 6) is 0.917. The maximum atomic E-state index is 5.62. The lowest BCUT2D eigenvalue weighted by atomic mass is 10.3. The fourth-order valence-corrected chi connectivity index (χ4v) is 1.91. The Kier molecular flexibility index (Phi) is 5.44. The molecule has 4 heteroatoms. The van der Waals surface area contributed by atoms with Gasteiger partial charge in [-0.15, -0.1) is 0 Å². The summed E-state index contributed by atoms with van der Waals surface area (Å²) in [7, 11) is 0. The Morgan fingerprint density at radius 1 is 1.26 bits per heavy atom. The lowest BCUT2D eigenvalue weighted by Crippen LogP contribution is -2.22. The fraction of sp³-hybridized carbons (Fsp3) is 0.400. The standard InChI is InChI=1S/C15H21N3O/c1-2-9-18-13-17-12-14(18)11-16-8-10-19-15-6-4-3-5-7-15/h3-7,12-13,16H,2,8-11H2,1H3. The number of aromatic nitrogens is 2. The normalized spacial score (nSPS) is 10.6. The van der Waals surface area contributed by atoms with Gasteiger partial charge in [-0.3, -0.25) is 0 Å². The molecule has 0 atom stereocenters. The number of nitrogens with zero attached hydrogens (tertiary/aromatic N) is 2. The average Bonchev–Trinajstić information content (AvgIpc) is 2.88. The Bertz CT molecular complexity index is 467. The molecule has 102 valence electrons. The topological polar surface area (TPSA) is 39.1 Å². The number of hydrogen-bond donors (Lipinski definition) is 1. The number of para-hydroxylation sites is 1. The van der Waals surface area contributed by atoms with Crippen LogP contribution in [0.5, 0.6) is 5.75 Å². The van der Waals surface area contributed by atoms with E-state index in [1.165, 1.54) is 5.69 Å². The number of ether oxygens (including phenoxy) is 1. The molecule has 0 radical (unpaired) electrons. The molecule has 1 N–H and O–H groups in total. The van der Waals surface area contributed by atoms with Gasteiger partial charge in [0.25, 0.3) is 0 Å². The second-order valence-electron chi connectivity index (χ2n) is 4.42. The van der Waals surface area contributed by atoms with Crippen LogP contribution in [0.4, 0.5) is 0 Å². The number of hydrogen-bond acceptors (Lipinski definition) is 3. The van der Waals surface area contributed by atoms with E-state index in [-0.39, 0.29) is 0 Å². The number of nitrogens with one attached hydrogen (secondary N) is 1. The van der Waals surface area contributed by atoms with Gasteiger partial charge >= 0.3 is 0 Å². The minimum Gasteiger partial charge on any atom is -0.492 e. The Balaban J connectivity index is 1.65. The summed E-state index contributed by atoms with van der Waals surface area (Å²) in [4.78, 5) is 4.18. The van der Waals surface area contributed by atoms with Crippen LogP contribution in [0.1, 0.15) is 19.0 Å². The molecule has 1 aromatic heterocycles. The highest BCUT2D eigenvalue weighted by Gasteiger charge is 2.00. The van der Waals surface area contributed by atoms with Crippen LogP contribution in [-0.2, 0) is 13.1 Å². The molecule has 0 aliphatic heterocycles. The zero-order valence-electron chi connectivity index (χ0n) is 11.4. The molecule has 19 heavy (non-hydrogen) atoms. The van der Waals surface area contributed by atoms with Crippen molar-refractivity contribution in [3.05, 3.63) is 48.5 Å². The van der Waals surface area contributed by atoms with Gasteiger partial charge in [0.1, 0.15) is 12.4 Å². The predicted molar refractivity (Wildman–Crippen MR) is 76.2 cm³/mol. The highest BCUT2D eigenvalue weighted by Crippen LogP contribution is 2.07.